The van der Waals surface area contributed by atoms with Crippen molar-refractivity contribution in [2.24, 2.45) is 0 Å². The van der Waals surface area contributed by atoms with Crippen LogP contribution in [0.4, 0.5) is 17.1 Å². The molecule has 0 unspecified atom stereocenters. The third-order valence-corrected chi connectivity index (χ3v) is 13.4. The van der Waals surface area contributed by atoms with Gasteiger partial charge in [-0.25, -0.2) is 0 Å². The van der Waals surface area contributed by atoms with E-state index < -0.39 is 5.41 Å². The standard InChI is InChI=1S/C63H43N/c1-3-22-49(23-4-1)63(50-24-5-2-6-25-50)58-32-13-11-29-57(58)62-59(63)33-17-35-61(62)64(51-42-40-47(41-43-51)55-31-16-21-45-19-8-10-27-53(45)55)60-34-14-12-28-56(60)48-38-36-46(37-39-48)54-30-15-20-44-18-7-9-26-52(44)54/h1-43H. The highest BCUT2D eigenvalue weighted by atomic mass is 15.1. The quantitative estimate of drug-likeness (QED) is 0.148. The van der Waals surface area contributed by atoms with E-state index in [1.807, 2.05) is 0 Å². The minimum absolute atomic E-state index is 0.523. The van der Waals surface area contributed by atoms with E-state index in [2.05, 4.69) is 266 Å². The van der Waals surface area contributed by atoms with Crippen LogP contribution in [-0.4, -0.2) is 0 Å². The van der Waals surface area contributed by atoms with E-state index in [1.165, 1.54) is 77.2 Å². The van der Waals surface area contributed by atoms with E-state index in [0.717, 1.165) is 28.2 Å². The summed E-state index contributed by atoms with van der Waals surface area (Å²) in [6.07, 6.45) is 0. The van der Waals surface area contributed by atoms with Crippen LogP contribution in [0.5, 0.6) is 0 Å². The molecule has 1 nitrogen and oxygen atoms in total. The van der Waals surface area contributed by atoms with Crippen molar-refractivity contribution >= 4 is 38.6 Å². The molecule has 11 aromatic rings. The second-order valence-electron chi connectivity index (χ2n) is 16.8. The van der Waals surface area contributed by atoms with Gasteiger partial charge in [-0.05, 0) is 101 Å². The summed E-state index contributed by atoms with van der Waals surface area (Å²) in [5.41, 5.74) is 17.6. The van der Waals surface area contributed by atoms with Gasteiger partial charge in [-0.3, -0.25) is 0 Å². The Kier molecular flexibility index (Phi) is 9.13. The van der Waals surface area contributed by atoms with E-state index >= 15 is 0 Å². The van der Waals surface area contributed by atoms with Gasteiger partial charge in [0.2, 0.25) is 0 Å². The van der Waals surface area contributed by atoms with Gasteiger partial charge in [0.1, 0.15) is 0 Å². The summed E-state index contributed by atoms with van der Waals surface area (Å²) in [4.78, 5) is 2.50. The van der Waals surface area contributed by atoms with Gasteiger partial charge >= 0.3 is 0 Å². The Balaban J connectivity index is 1.08. The van der Waals surface area contributed by atoms with Crippen LogP contribution in [-0.2, 0) is 5.41 Å². The van der Waals surface area contributed by atoms with Crippen LogP contribution in [0.25, 0.3) is 66.1 Å². The maximum Gasteiger partial charge on any atom is 0.0714 e. The lowest BCUT2D eigenvalue weighted by Crippen LogP contribution is -2.28. The van der Waals surface area contributed by atoms with Crippen molar-refractivity contribution in [2.45, 2.75) is 5.41 Å². The number of para-hydroxylation sites is 1. The average molecular weight is 814 g/mol. The van der Waals surface area contributed by atoms with Gasteiger partial charge in [-0.1, -0.05) is 237 Å². The Hall–Kier alpha value is -8.26. The third kappa shape index (κ3) is 6.01. The van der Waals surface area contributed by atoms with Crippen molar-refractivity contribution in [2.75, 3.05) is 4.90 Å². The molecule has 0 saturated carbocycles. The molecule has 0 heterocycles. The molecule has 1 aliphatic carbocycles. The molecule has 0 saturated heterocycles. The Morgan fingerprint density at radius 1 is 0.266 bits per heavy atom. The molecule has 1 aliphatic rings. The topological polar surface area (TPSA) is 3.24 Å². The molecule has 0 N–H and O–H groups in total. The molecule has 300 valence electrons. The summed E-state index contributed by atoms with van der Waals surface area (Å²) in [6.45, 7) is 0. The van der Waals surface area contributed by atoms with Crippen molar-refractivity contribution in [3.63, 3.8) is 0 Å². The van der Waals surface area contributed by atoms with Crippen LogP contribution in [0.15, 0.2) is 261 Å². The first-order chi connectivity index (χ1) is 31.8. The highest BCUT2D eigenvalue weighted by molar-refractivity contribution is 6.01. The molecule has 0 bridgehead atoms. The number of hydrogen-bond donors (Lipinski definition) is 0. The van der Waals surface area contributed by atoms with Crippen molar-refractivity contribution in [3.8, 4) is 44.5 Å². The predicted octanol–water partition coefficient (Wildman–Crippen LogP) is 16.8. The molecule has 0 spiro atoms. The number of nitrogens with zero attached hydrogens (tertiary/aromatic N) is 1. The lowest BCUT2D eigenvalue weighted by Gasteiger charge is -2.34. The zero-order valence-electron chi connectivity index (χ0n) is 35.3. The second kappa shape index (κ2) is 15.6. The molecule has 12 rings (SSSR count). The summed E-state index contributed by atoms with van der Waals surface area (Å²) >= 11 is 0. The van der Waals surface area contributed by atoms with E-state index in [1.54, 1.807) is 0 Å². The van der Waals surface area contributed by atoms with E-state index in [9.17, 15) is 0 Å². The van der Waals surface area contributed by atoms with Crippen LogP contribution in [0.2, 0.25) is 0 Å². The number of rotatable bonds is 8. The van der Waals surface area contributed by atoms with Crippen molar-refractivity contribution < 1.29 is 0 Å². The van der Waals surface area contributed by atoms with E-state index in [-0.39, 0.29) is 0 Å². The molecular formula is C63H43N. The van der Waals surface area contributed by atoms with Gasteiger partial charge in [0.25, 0.3) is 0 Å². The maximum absolute atomic E-state index is 2.50. The predicted molar refractivity (Wildman–Crippen MR) is 270 cm³/mol. The summed E-state index contributed by atoms with van der Waals surface area (Å²) in [5, 5.41) is 5.00. The molecule has 64 heavy (non-hydrogen) atoms. The van der Waals surface area contributed by atoms with E-state index in [0.29, 0.717) is 0 Å². The fraction of sp³-hybridized carbons (Fsp3) is 0.0159. The summed E-state index contributed by atoms with van der Waals surface area (Å²) in [6, 6.07) is 95.9. The van der Waals surface area contributed by atoms with Gasteiger partial charge in [-0.15, -0.1) is 0 Å². The molecule has 0 aromatic heterocycles. The normalized spacial score (nSPS) is 12.5. The summed E-state index contributed by atoms with van der Waals surface area (Å²) < 4.78 is 0. The van der Waals surface area contributed by atoms with Crippen LogP contribution in [0.1, 0.15) is 22.3 Å². The SMILES string of the molecule is c1ccc(C2(c3ccccc3)c3ccccc3-c3c(N(c4ccc(-c5cccc6ccccc56)cc4)c4ccccc4-c4ccc(-c5cccc6ccccc56)cc4)cccc32)cc1. The van der Waals surface area contributed by atoms with Gasteiger partial charge in [0.05, 0.1) is 16.8 Å². The van der Waals surface area contributed by atoms with Crippen LogP contribution in [0, 0.1) is 0 Å². The van der Waals surface area contributed by atoms with Gasteiger partial charge in [-0.2, -0.15) is 0 Å². The first kappa shape index (κ1) is 37.5. The molecule has 0 aliphatic heterocycles. The van der Waals surface area contributed by atoms with Crippen LogP contribution in [0.3, 0.4) is 0 Å². The van der Waals surface area contributed by atoms with Crippen LogP contribution >= 0.6 is 0 Å². The molecule has 1 heteroatoms. The number of hydrogen-bond acceptors (Lipinski definition) is 1. The van der Waals surface area contributed by atoms with Crippen molar-refractivity contribution in [3.05, 3.63) is 283 Å². The zero-order valence-corrected chi connectivity index (χ0v) is 35.3. The van der Waals surface area contributed by atoms with Crippen molar-refractivity contribution in [1.82, 2.24) is 0 Å². The molecule has 0 atom stereocenters. The van der Waals surface area contributed by atoms with Crippen molar-refractivity contribution in [1.29, 1.82) is 0 Å². The second-order valence-corrected chi connectivity index (χ2v) is 16.8. The summed E-state index contributed by atoms with van der Waals surface area (Å²) in [7, 11) is 0. The maximum atomic E-state index is 2.50. The third-order valence-electron chi connectivity index (χ3n) is 13.4. The first-order valence-electron chi connectivity index (χ1n) is 22.2. The fourth-order valence-electron chi connectivity index (χ4n) is 10.6. The molecular weight excluding hydrogens is 771 g/mol. The van der Waals surface area contributed by atoms with Gasteiger partial charge < -0.3 is 4.90 Å². The Morgan fingerprint density at radius 2 is 0.672 bits per heavy atom. The lowest BCUT2D eigenvalue weighted by atomic mass is 9.68. The zero-order chi connectivity index (χ0) is 42.5. The summed E-state index contributed by atoms with van der Waals surface area (Å²) in [5.74, 6) is 0. The minimum Gasteiger partial charge on any atom is -0.309 e. The molecule has 0 radical (unpaired) electrons. The van der Waals surface area contributed by atoms with Gasteiger partial charge in [0.15, 0.2) is 0 Å². The highest BCUT2D eigenvalue weighted by Gasteiger charge is 2.47. The van der Waals surface area contributed by atoms with Crippen LogP contribution < -0.4 is 4.90 Å². The Morgan fingerprint density at radius 3 is 1.28 bits per heavy atom. The Labute approximate surface area is 374 Å². The highest BCUT2D eigenvalue weighted by Crippen LogP contribution is 2.60. The molecule has 0 fully saturated rings. The largest absolute Gasteiger partial charge is 0.309 e. The van der Waals surface area contributed by atoms with E-state index in [4.69, 9.17) is 0 Å². The fourth-order valence-corrected chi connectivity index (χ4v) is 10.6. The molecule has 11 aromatic carbocycles. The first-order valence-corrected chi connectivity index (χ1v) is 22.2. The smallest absolute Gasteiger partial charge is 0.0714 e. The number of anilines is 3. The Bertz CT molecular complexity index is 3430. The average Bonchev–Trinajstić information content (AvgIpc) is 3.69. The monoisotopic (exact) mass is 813 g/mol. The number of benzene rings is 11. The molecule has 0 amide bonds. The van der Waals surface area contributed by atoms with Gasteiger partial charge in [0, 0.05) is 16.8 Å². The number of fused-ring (bicyclic) bond motifs is 5. The minimum atomic E-state index is -0.523. The lowest BCUT2D eigenvalue weighted by molar-refractivity contribution is 0.768.